The van der Waals surface area contributed by atoms with Crippen molar-refractivity contribution in [1.29, 1.82) is 0 Å². The van der Waals surface area contributed by atoms with Crippen LogP contribution in [0.15, 0.2) is 4.99 Å². The van der Waals surface area contributed by atoms with Crippen LogP contribution in [0.1, 0.15) is 25.7 Å². The van der Waals surface area contributed by atoms with Crippen LogP contribution < -0.4 is 11.3 Å². The highest BCUT2D eigenvalue weighted by Gasteiger charge is 2.00. The SMILES string of the molecule is C=NC(=O)CCCCC(=O)NN. The predicted octanol–water partition coefficient (Wildman–Crippen LogP) is -0.236. The predicted molar refractivity (Wildman–Crippen MR) is 45.4 cm³/mol. The maximum Gasteiger partial charge on any atom is 0.245 e. The third-order valence-corrected chi connectivity index (χ3v) is 1.38. The summed E-state index contributed by atoms with van der Waals surface area (Å²) in [5.74, 6) is 4.40. The van der Waals surface area contributed by atoms with Gasteiger partial charge in [-0.3, -0.25) is 15.0 Å². The normalized spacial score (nSPS) is 9.08. The monoisotopic (exact) mass is 171 g/mol. The summed E-state index contributed by atoms with van der Waals surface area (Å²) in [6.07, 6.45) is 1.98. The van der Waals surface area contributed by atoms with Crippen molar-refractivity contribution in [2.75, 3.05) is 0 Å². The lowest BCUT2D eigenvalue weighted by atomic mass is 10.2. The molecule has 3 N–H and O–H groups in total. The summed E-state index contributed by atoms with van der Waals surface area (Å²) in [6, 6.07) is 0. The first-order chi connectivity index (χ1) is 5.70. The van der Waals surface area contributed by atoms with Crippen molar-refractivity contribution in [1.82, 2.24) is 5.43 Å². The molecule has 0 saturated heterocycles. The second kappa shape index (κ2) is 6.48. The topological polar surface area (TPSA) is 84.5 Å². The summed E-state index contributed by atoms with van der Waals surface area (Å²) in [4.78, 5) is 24.4. The molecule has 0 aromatic carbocycles. The van der Waals surface area contributed by atoms with Gasteiger partial charge in [-0.2, -0.15) is 0 Å². The molecule has 0 heterocycles. The number of hydrazine groups is 1. The Balaban J connectivity index is 3.27. The molecule has 0 radical (unpaired) electrons. The second-order valence-electron chi connectivity index (χ2n) is 2.33. The summed E-state index contributed by atoms with van der Waals surface area (Å²) < 4.78 is 0. The van der Waals surface area contributed by atoms with Gasteiger partial charge in [0.1, 0.15) is 0 Å². The van der Waals surface area contributed by atoms with Gasteiger partial charge in [0.25, 0.3) is 0 Å². The van der Waals surface area contributed by atoms with Crippen molar-refractivity contribution in [3.8, 4) is 0 Å². The number of unbranched alkanes of at least 4 members (excludes halogenated alkanes) is 1. The quantitative estimate of drug-likeness (QED) is 0.197. The van der Waals surface area contributed by atoms with E-state index in [1.165, 1.54) is 0 Å². The van der Waals surface area contributed by atoms with E-state index in [9.17, 15) is 9.59 Å². The number of amides is 2. The molecule has 0 saturated carbocycles. The molecule has 0 spiro atoms. The zero-order valence-corrected chi connectivity index (χ0v) is 6.88. The van der Waals surface area contributed by atoms with Crippen molar-refractivity contribution < 1.29 is 9.59 Å². The first-order valence-electron chi connectivity index (χ1n) is 3.69. The number of aliphatic imine (C=N–C) groups is 1. The van der Waals surface area contributed by atoms with E-state index in [0.29, 0.717) is 25.7 Å². The van der Waals surface area contributed by atoms with Crippen molar-refractivity contribution in [2.24, 2.45) is 10.8 Å². The lowest BCUT2D eigenvalue weighted by molar-refractivity contribution is -0.122. The average molecular weight is 171 g/mol. The molecule has 0 rings (SSSR count). The van der Waals surface area contributed by atoms with E-state index in [2.05, 4.69) is 11.7 Å². The first-order valence-corrected chi connectivity index (χ1v) is 3.69. The fraction of sp³-hybridized carbons (Fsp3) is 0.571. The highest BCUT2D eigenvalue weighted by atomic mass is 16.2. The van der Waals surface area contributed by atoms with E-state index >= 15 is 0 Å². The van der Waals surface area contributed by atoms with Gasteiger partial charge in [0.2, 0.25) is 11.8 Å². The molecule has 0 bridgehead atoms. The molecule has 0 fully saturated rings. The van der Waals surface area contributed by atoms with Crippen LogP contribution in [0, 0.1) is 0 Å². The molecule has 68 valence electrons. The number of nitrogens with two attached hydrogens (primary N) is 1. The summed E-state index contributed by atoms with van der Waals surface area (Å²) >= 11 is 0. The zero-order valence-electron chi connectivity index (χ0n) is 6.88. The molecule has 0 aliphatic carbocycles. The minimum atomic E-state index is -0.233. The highest BCUT2D eigenvalue weighted by Crippen LogP contribution is 2.00. The number of nitrogens with zero attached hydrogens (tertiary/aromatic N) is 1. The van der Waals surface area contributed by atoms with Crippen molar-refractivity contribution in [2.45, 2.75) is 25.7 Å². The molecule has 12 heavy (non-hydrogen) atoms. The minimum Gasteiger partial charge on any atom is -0.294 e. The molecule has 2 amide bonds. The number of rotatable bonds is 5. The van der Waals surface area contributed by atoms with E-state index in [-0.39, 0.29) is 11.8 Å². The number of hydrogen-bond acceptors (Lipinski definition) is 3. The Kier molecular flexibility index (Phi) is 5.81. The molecule has 0 unspecified atom stereocenters. The Labute approximate surface area is 71.0 Å². The van der Waals surface area contributed by atoms with Crippen molar-refractivity contribution in [3.63, 3.8) is 0 Å². The van der Waals surface area contributed by atoms with Gasteiger partial charge < -0.3 is 0 Å². The summed E-state index contributed by atoms with van der Waals surface area (Å²) in [6.45, 7) is 3.09. The molecule has 5 nitrogen and oxygen atoms in total. The maximum absolute atomic E-state index is 10.6. The number of hydrogen-bond donors (Lipinski definition) is 2. The summed E-state index contributed by atoms with van der Waals surface area (Å²) in [5.41, 5.74) is 2.01. The fourth-order valence-corrected chi connectivity index (χ4v) is 0.713. The Hall–Kier alpha value is -1.23. The van der Waals surface area contributed by atoms with E-state index < -0.39 is 0 Å². The summed E-state index contributed by atoms with van der Waals surface area (Å²) in [7, 11) is 0. The molecule has 5 heteroatoms. The van der Waals surface area contributed by atoms with Gasteiger partial charge in [-0.15, -0.1) is 0 Å². The molecule has 0 aliphatic rings. The molecule has 0 atom stereocenters. The Morgan fingerprint density at radius 2 is 1.92 bits per heavy atom. The lowest BCUT2D eigenvalue weighted by Crippen LogP contribution is -2.29. The number of nitrogens with one attached hydrogen (secondary N) is 1. The average Bonchev–Trinajstić information content (AvgIpc) is 2.11. The fourth-order valence-electron chi connectivity index (χ4n) is 0.713. The van der Waals surface area contributed by atoms with Crippen LogP contribution in [0.25, 0.3) is 0 Å². The van der Waals surface area contributed by atoms with Crippen LogP contribution >= 0.6 is 0 Å². The molecule has 0 aliphatic heterocycles. The Morgan fingerprint density at radius 1 is 1.33 bits per heavy atom. The molecular weight excluding hydrogens is 158 g/mol. The van der Waals surface area contributed by atoms with E-state index in [1.54, 1.807) is 0 Å². The lowest BCUT2D eigenvalue weighted by Gasteiger charge is -1.97. The standard InChI is InChI=1S/C7H13N3O2/c1-9-6(11)4-2-3-5-7(12)10-8/h1-5,8H2,(H,10,12). The van der Waals surface area contributed by atoms with Crippen LogP contribution in [-0.4, -0.2) is 18.5 Å². The van der Waals surface area contributed by atoms with Crippen LogP contribution in [0.4, 0.5) is 0 Å². The van der Waals surface area contributed by atoms with Crippen molar-refractivity contribution >= 4 is 18.5 Å². The number of carbonyl (C=O) groups excluding carboxylic acids is 2. The van der Waals surface area contributed by atoms with E-state index in [0.717, 1.165) is 0 Å². The highest BCUT2D eigenvalue weighted by molar-refractivity contribution is 5.80. The van der Waals surface area contributed by atoms with Gasteiger partial charge in [-0.25, -0.2) is 10.8 Å². The van der Waals surface area contributed by atoms with Crippen LogP contribution in [0.5, 0.6) is 0 Å². The molecule has 0 aromatic rings. The largest absolute Gasteiger partial charge is 0.294 e. The Bertz CT molecular complexity index is 179. The van der Waals surface area contributed by atoms with Gasteiger partial charge >= 0.3 is 0 Å². The summed E-state index contributed by atoms with van der Waals surface area (Å²) in [5, 5.41) is 0. The van der Waals surface area contributed by atoms with Gasteiger partial charge in [-0.1, -0.05) is 0 Å². The third kappa shape index (κ3) is 5.55. The van der Waals surface area contributed by atoms with Crippen LogP contribution in [0.3, 0.4) is 0 Å². The third-order valence-electron chi connectivity index (χ3n) is 1.38. The van der Waals surface area contributed by atoms with Crippen LogP contribution in [-0.2, 0) is 9.59 Å². The molecule has 0 aromatic heterocycles. The Morgan fingerprint density at radius 3 is 2.42 bits per heavy atom. The van der Waals surface area contributed by atoms with Crippen molar-refractivity contribution in [3.05, 3.63) is 0 Å². The molecular formula is C7H13N3O2. The second-order valence-corrected chi connectivity index (χ2v) is 2.33. The number of carbonyl (C=O) groups is 2. The van der Waals surface area contributed by atoms with E-state index in [1.807, 2.05) is 5.43 Å². The minimum absolute atomic E-state index is 0.214. The van der Waals surface area contributed by atoms with E-state index in [4.69, 9.17) is 5.84 Å². The van der Waals surface area contributed by atoms with Gasteiger partial charge in [0, 0.05) is 12.8 Å². The maximum atomic E-state index is 10.6. The first kappa shape index (κ1) is 10.8. The smallest absolute Gasteiger partial charge is 0.245 e. The van der Waals surface area contributed by atoms with Gasteiger partial charge in [0.15, 0.2) is 0 Å². The van der Waals surface area contributed by atoms with Gasteiger partial charge in [0.05, 0.1) is 0 Å². The van der Waals surface area contributed by atoms with Gasteiger partial charge in [-0.05, 0) is 19.6 Å². The van der Waals surface area contributed by atoms with Crippen LogP contribution in [0.2, 0.25) is 0 Å². The zero-order chi connectivity index (χ0) is 9.40.